The number of benzene rings is 1. The Morgan fingerprint density at radius 2 is 1.89 bits per heavy atom. The van der Waals surface area contributed by atoms with E-state index in [-0.39, 0.29) is 22.8 Å². The van der Waals surface area contributed by atoms with Gasteiger partial charge in [0.1, 0.15) is 5.82 Å². The number of piperidine rings is 1. The SMILES string of the molecule is Cc1cc2cnc(NC(=O)[C@H]3CC34CCOCC4)cc2cc1C1CCN([C@]2(C)COC[C@@H]2C)CC1. The lowest BCUT2D eigenvalue weighted by Gasteiger charge is -2.44. The summed E-state index contributed by atoms with van der Waals surface area (Å²) in [5.41, 5.74) is 3.15. The molecule has 3 saturated heterocycles. The summed E-state index contributed by atoms with van der Waals surface area (Å²) < 4.78 is 11.3. The zero-order chi connectivity index (χ0) is 24.2. The maximum absolute atomic E-state index is 12.9. The van der Waals surface area contributed by atoms with Gasteiger partial charge >= 0.3 is 0 Å². The first kappa shape index (κ1) is 23.4. The largest absolute Gasteiger partial charge is 0.381 e. The van der Waals surface area contributed by atoms with Crippen LogP contribution in [0.5, 0.6) is 0 Å². The summed E-state index contributed by atoms with van der Waals surface area (Å²) in [5.74, 6) is 2.06. The van der Waals surface area contributed by atoms with Crippen molar-refractivity contribution in [3.63, 3.8) is 0 Å². The van der Waals surface area contributed by atoms with Crippen LogP contribution in [0.15, 0.2) is 24.4 Å². The predicted molar refractivity (Wildman–Crippen MR) is 138 cm³/mol. The topological polar surface area (TPSA) is 63.7 Å². The smallest absolute Gasteiger partial charge is 0.229 e. The third-order valence-electron chi connectivity index (χ3n) is 9.83. The van der Waals surface area contributed by atoms with Crippen molar-refractivity contribution in [1.29, 1.82) is 0 Å². The fraction of sp³-hybridized carbons (Fsp3) is 0.655. The maximum atomic E-state index is 12.9. The van der Waals surface area contributed by atoms with Crippen LogP contribution in [0.4, 0.5) is 5.82 Å². The highest BCUT2D eigenvalue weighted by Crippen LogP contribution is 2.59. The Hall–Kier alpha value is -2.02. The summed E-state index contributed by atoms with van der Waals surface area (Å²) in [4.78, 5) is 20.2. The Bertz CT molecular complexity index is 1120. The number of carbonyl (C=O) groups is 1. The van der Waals surface area contributed by atoms with Gasteiger partial charge in [-0.1, -0.05) is 13.0 Å². The van der Waals surface area contributed by atoms with Gasteiger partial charge in [0.15, 0.2) is 0 Å². The third kappa shape index (κ3) is 4.17. The van der Waals surface area contributed by atoms with Crippen LogP contribution in [0, 0.1) is 24.2 Å². The summed E-state index contributed by atoms with van der Waals surface area (Å²) in [5, 5.41) is 5.42. The van der Waals surface area contributed by atoms with E-state index in [1.807, 2.05) is 6.20 Å². The van der Waals surface area contributed by atoms with Crippen molar-refractivity contribution >= 4 is 22.5 Å². The molecule has 6 heteroatoms. The minimum Gasteiger partial charge on any atom is -0.381 e. The van der Waals surface area contributed by atoms with E-state index in [1.165, 1.54) is 29.4 Å². The molecule has 0 bridgehead atoms. The number of aromatic nitrogens is 1. The van der Waals surface area contributed by atoms with Gasteiger partial charge in [-0.3, -0.25) is 9.69 Å². The van der Waals surface area contributed by atoms with Crippen molar-refractivity contribution in [2.75, 3.05) is 44.8 Å². The standard InChI is InChI=1S/C29H39N3O3/c1-19-12-23-16-30-26(31-27(33)25-15-29(25)6-10-34-11-7-29)14-22(23)13-24(19)21-4-8-32(9-5-21)28(3)18-35-17-20(28)2/h12-14,16,20-21,25H,4-11,15,17-18H2,1-3H3,(H,30,31,33)/t20-,25+,28+/m0/s1. The maximum Gasteiger partial charge on any atom is 0.229 e. The lowest BCUT2D eigenvalue weighted by atomic mass is 9.82. The van der Waals surface area contributed by atoms with E-state index in [0.717, 1.165) is 64.2 Å². The van der Waals surface area contributed by atoms with Gasteiger partial charge in [0, 0.05) is 36.3 Å². The number of likely N-dealkylation sites (tertiary alicyclic amines) is 1. The molecule has 3 atom stereocenters. The molecule has 2 aromatic rings. The van der Waals surface area contributed by atoms with Gasteiger partial charge in [0.25, 0.3) is 0 Å². The van der Waals surface area contributed by atoms with Crippen molar-refractivity contribution in [3.05, 3.63) is 35.5 Å². The quantitative estimate of drug-likeness (QED) is 0.678. The van der Waals surface area contributed by atoms with Gasteiger partial charge in [0.2, 0.25) is 5.91 Å². The Labute approximate surface area is 208 Å². The highest BCUT2D eigenvalue weighted by atomic mass is 16.5. The summed E-state index contributed by atoms with van der Waals surface area (Å²) in [6.45, 7) is 12.5. The minimum absolute atomic E-state index is 0.109. The van der Waals surface area contributed by atoms with Gasteiger partial charge in [-0.15, -0.1) is 0 Å². The fourth-order valence-corrected chi connectivity index (χ4v) is 6.96. The summed E-state index contributed by atoms with van der Waals surface area (Å²) in [6.07, 6.45) is 7.25. The van der Waals surface area contributed by atoms with Crippen molar-refractivity contribution < 1.29 is 14.3 Å². The number of rotatable bonds is 4. The van der Waals surface area contributed by atoms with Crippen LogP contribution >= 0.6 is 0 Å². The predicted octanol–water partition coefficient (Wildman–Crippen LogP) is 4.90. The molecular weight excluding hydrogens is 438 g/mol. The second-order valence-corrected chi connectivity index (χ2v) is 11.9. The Morgan fingerprint density at radius 1 is 1.11 bits per heavy atom. The fourth-order valence-electron chi connectivity index (χ4n) is 6.96. The molecule has 6 nitrogen and oxygen atoms in total. The molecule has 35 heavy (non-hydrogen) atoms. The van der Waals surface area contributed by atoms with Crippen LogP contribution in [0.25, 0.3) is 10.8 Å². The van der Waals surface area contributed by atoms with Gasteiger partial charge in [-0.2, -0.15) is 0 Å². The second kappa shape index (κ2) is 8.82. The normalized spacial score (nSPS) is 31.2. The summed E-state index contributed by atoms with van der Waals surface area (Å²) >= 11 is 0. The molecule has 4 aliphatic rings. The van der Waals surface area contributed by atoms with E-state index in [4.69, 9.17) is 9.47 Å². The molecule has 1 amide bonds. The van der Waals surface area contributed by atoms with Crippen LogP contribution in [-0.2, 0) is 14.3 Å². The lowest BCUT2D eigenvalue weighted by molar-refractivity contribution is -0.118. The number of amides is 1. The number of fused-ring (bicyclic) bond motifs is 1. The highest BCUT2D eigenvalue weighted by Gasteiger charge is 2.58. The zero-order valence-electron chi connectivity index (χ0n) is 21.4. The molecule has 1 aromatic carbocycles. The number of carbonyl (C=O) groups excluding carboxylic acids is 1. The molecule has 1 N–H and O–H groups in total. The van der Waals surface area contributed by atoms with E-state index >= 15 is 0 Å². The van der Waals surface area contributed by atoms with Crippen molar-refractivity contribution in [2.24, 2.45) is 17.3 Å². The van der Waals surface area contributed by atoms with Crippen LogP contribution < -0.4 is 5.32 Å². The van der Waals surface area contributed by atoms with E-state index in [2.05, 4.69) is 54.2 Å². The van der Waals surface area contributed by atoms with Crippen LogP contribution in [-0.4, -0.2) is 60.8 Å². The lowest BCUT2D eigenvalue weighted by Crippen LogP contribution is -2.53. The van der Waals surface area contributed by atoms with E-state index in [0.29, 0.717) is 17.7 Å². The number of ether oxygens (including phenoxy) is 2. The van der Waals surface area contributed by atoms with Crippen LogP contribution in [0.3, 0.4) is 0 Å². The molecule has 4 heterocycles. The molecule has 188 valence electrons. The van der Waals surface area contributed by atoms with Gasteiger partial charge < -0.3 is 14.8 Å². The molecule has 3 aliphatic heterocycles. The number of hydrogen-bond donors (Lipinski definition) is 1. The monoisotopic (exact) mass is 477 g/mol. The van der Waals surface area contributed by atoms with E-state index < -0.39 is 0 Å². The number of anilines is 1. The van der Waals surface area contributed by atoms with E-state index in [1.54, 1.807) is 0 Å². The first-order valence-electron chi connectivity index (χ1n) is 13.5. The average Bonchev–Trinajstić information content (AvgIpc) is 3.44. The molecule has 1 saturated carbocycles. The first-order chi connectivity index (χ1) is 16.9. The second-order valence-electron chi connectivity index (χ2n) is 11.9. The molecule has 1 aromatic heterocycles. The number of nitrogens with one attached hydrogen (secondary N) is 1. The summed E-state index contributed by atoms with van der Waals surface area (Å²) in [6, 6.07) is 6.67. The molecular formula is C29H39N3O3. The van der Waals surface area contributed by atoms with E-state index in [9.17, 15) is 4.79 Å². The molecule has 1 spiro atoms. The first-order valence-corrected chi connectivity index (χ1v) is 13.5. The average molecular weight is 478 g/mol. The van der Waals surface area contributed by atoms with Crippen molar-refractivity contribution in [2.45, 2.75) is 64.3 Å². The Morgan fingerprint density at radius 3 is 2.60 bits per heavy atom. The van der Waals surface area contributed by atoms with Crippen molar-refractivity contribution in [1.82, 2.24) is 9.88 Å². The number of nitrogens with zero attached hydrogens (tertiary/aromatic N) is 2. The van der Waals surface area contributed by atoms with Gasteiger partial charge in [-0.05, 0) is 105 Å². The summed E-state index contributed by atoms with van der Waals surface area (Å²) in [7, 11) is 0. The minimum atomic E-state index is 0.109. The Kier molecular flexibility index (Phi) is 5.89. The molecule has 0 radical (unpaired) electrons. The van der Waals surface area contributed by atoms with Gasteiger partial charge in [-0.25, -0.2) is 4.98 Å². The van der Waals surface area contributed by atoms with Gasteiger partial charge in [0.05, 0.1) is 13.2 Å². The number of pyridine rings is 1. The number of hydrogen-bond acceptors (Lipinski definition) is 5. The van der Waals surface area contributed by atoms with Crippen LogP contribution in [0.1, 0.15) is 63.0 Å². The zero-order valence-corrected chi connectivity index (χ0v) is 21.4. The van der Waals surface area contributed by atoms with Crippen LogP contribution in [0.2, 0.25) is 0 Å². The Balaban J connectivity index is 1.15. The molecule has 1 aliphatic carbocycles. The highest BCUT2D eigenvalue weighted by molar-refractivity contribution is 5.96. The van der Waals surface area contributed by atoms with Crippen molar-refractivity contribution in [3.8, 4) is 0 Å². The molecule has 6 rings (SSSR count). The molecule has 0 unspecified atom stereocenters. The number of aryl methyl sites for hydroxylation is 1. The molecule has 4 fully saturated rings. The third-order valence-corrected chi connectivity index (χ3v) is 9.83.